The third-order valence-electron chi connectivity index (χ3n) is 8.83. The Labute approximate surface area is 322 Å². The minimum atomic E-state index is -0.255. The zero-order chi connectivity index (χ0) is 39.0. The molecule has 8 rings (SSSR count). The highest BCUT2D eigenvalue weighted by Crippen LogP contribution is 2.24. The van der Waals surface area contributed by atoms with E-state index in [0.29, 0.717) is 29.4 Å². The second-order valence-corrected chi connectivity index (χ2v) is 12.9. The van der Waals surface area contributed by atoms with Gasteiger partial charge in [0, 0.05) is 36.0 Å². The lowest BCUT2D eigenvalue weighted by Crippen LogP contribution is -2.07. The molecule has 0 aliphatic carbocycles. The third kappa shape index (κ3) is 8.68. The van der Waals surface area contributed by atoms with Crippen molar-refractivity contribution < 1.29 is 4.39 Å². The summed E-state index contributed by atoms with van der Waals surface area (Å²) < 4.78 is 20.3. The number of halogens is 1. The Balaban J connectivity index is 0.000000172. The number of anilines is 4. The fraction of sp³-hybridized carbons (Fsp3) is 0.119. The van der Waals surface area contributed by atoms with Gasteiger partial charge in [-0.3, -0.25) is 4.68 Å². The summed E-state index contributed by atoms with van der Waals surface area (Å²) in [6.45, 7) is 6.44. The number of rotatable bonds is 10. The predicted octanol–water partition coefficient (Wildman–Crippen LogP) is 8.18. The topological polar surface area (TPSA) is 156 Å². The van der Waals surface area contributed by atoms with Gasteiger partial charge in [-0.15, -0.1) is 5.10 Å². The van der Waals surface area contributed by atoms with Crippen molar-refractivity contribution in [1.82, 2.24) is 43.6 Å². The summed E-state index contributed by atoms with van der Waals surface area (Å²) in [6.07, 6.45) is 10.7. The zero-order valence-corrected chi connectivity index (χ0v) is 30.8. The number of aromatic nitrogens is 9. The van der Waals surface area contributed by atoms with E-state index in [1.807, 2.05) is 94.8 Å². The van der Waals surface area contributed by atoms with Gasteiger partial charge in [0.1, 0.15) is 24.3 Å². The average Bonchev–Trinajstić information content (AvgIpc) is 4.06. The summed E-state index contributed by atoms with van der Waals surface area (Å²) in [5, 5.41) is 34.4. The van der Waals surface area contributed by atoms with Crippen molar-refractivity contribution in [2.45, 2.75) is 33.4 Å². The van der Waals surface area contributed by atoms with Gasteiger partial charge in [-0.25, -0.2) is 24.0 Å². The van der Waals surface area contributed by atoms with Gasteiger partial charge in [0.15, 0.2) is 5.82 Å². The van der Waals surface area contributed by atoms with E-state index >= 15 is 0 Å². The molecular formula is C42H36FN13. The first-order chi connectivity index (χ1) is 27.2. The van der Waals surface area contributed by atoms with E-state index in [1.54, 1.807) is 47.9 Å². The van der Waals surface area contributed by atoms with E-state index in [4.69, 9.17) is 0 Å². The summed E-state index contributed by atoms with van der Waals surface area (Å²) in [5.41, 5.74) is 8.05. The van der Waals surface area contributed by atoms with E-state index in [-0.39, 0.29) is 11.9 Å². The van der Waals surface area contributed by atoms with Crippen LogP contribution < -0.4 is 10.6 Å². The number of hydrogen-bond acceptors (Lipinski definition) is 9. The molecule has 4 aromatic heterocycles. The molecule has 0 saturated carbocycles. The maximum Gasteiger partial charge on any atom is 0.246 e. The van der Waals surface area contributed by atoms with E-state index in [9.17, 15) is 14.9 Å². The fourth-order valence-corrected chi connectivity index (χ4v) is 5.94. The molecule has 13 nitrogen and oxygen atoms in total. The van der Waals surface area contributed by atoms with Crippen LogP contribution in [0.25, 0.3) is 11.4 Å². The second kappa shape index (κ2) is 16.4. The number of nitriles is 2. The molecule has 0 radical (unpaired) electrons. The highest BCUT2D eigenvalue weighted by Gasteiger charge is 2.12. The van der Waals surface area contributed by atoms with Gasteiger partial charge in [-0.2, -0.15) is 15.6 Å². The minimum Gasteiger partial charge on any atom is -0.339 e. The Morgan fingerprint density at radius 1 is 0.696 bits per heavy atom. The molecule has 14 heteroatoms. The Kier molecular flexibility index (Phi) is 10.7. The minimum absolute atomic E-state index is 0.0748. The first-order valence-corrected chi connectivity index (χ1v) is 17.6. The van der Waals surface area contributed by atoms with Crippen molar-refractivity contribution in [2.24, 2.45) is 0 Å². The molecule has 276 valence electrons. The van der Waals surface area contributed by atoms with Gasteiger partial charge in [0.25, 0.3) is 0 Å². The molecule has 1 unspecified atom stereocenters. The van der Waals surface area contributed by atoms with Gasteiger partial charge in [-0.05, 0) is 80.4 Å². The van der Waals surface area contributed by atoms with Gasteiger partial charge in [0.2, 0.25) is 5.95 Å². The molecule has 0 aliphatic heterocycles. The van der Waals surface area contributed by atoms with Crippen LogP contribution in [0, 0.1) is 42.3 Å². The number of imidazole rings is 2. The zero-order valence-electron chi connectivity index (χ0n) is 30.8. The van der Waals surface area contributed by atoms with Crippen LogP contribution in [0.5, 0.6) is 0 Å². The molecule has 1 atom stereocenters. The Morgan fingerprint density at radius 2 is 1.30 bits per heavy atom. The largest absolute Gasteiger partial charge is 0.339 e. The average molecular weight is 742 g/mol. The molecule has 0 bridgehead atoms. The second-order valence-electron chi connectivity index (χ2n) is 12.9. The van der Waals surface area contributed by atoms with Crippen molar-refractivity contribution in [3.8, 4) is 23.5 Å². The Morgan fingerprint density at radius 3 is 1.88 bits per heavy atom. The van der Waals surface area contributed by atoms with E-state index in [1.165, 1.54) is 12.1 Å². The third-order valence-corrected chi connectivity index (χ3v) is 8.83. The molecular weight excluding hydrogens is 706 g/mol. The van der Waals surface area contributed by atoms with Crippen LogP contribution >= 0.6 is 0 Å². The first kappa shape index (κ1) is 36.5. The molecule has 0 saturated heterocycles. The lowest BCUT2D eigenvalue weighted by molar-refractivity contribution is 0.564. The molecule has 0 amide bonds. The van der Waals surface area contributed by atoms with Crippen LogP contribution in [-0.4, -0.2) is 43.6 Å². The molecule has 0 spiro atoms. The molecule has 4 heterocycles. The number of hydrogen-bond donors (Lipinski definition) is 2. The number of aryl methyl sites for hydroxylation is 2. The Bertz CT molecular complexity index is 2660. The first-order valence-electron chi connectivity index (χ1n) is 17.6. The van der Waals surface area contributed by atoms with Gasteiger partial charge < -0.3 is 19.8 Å². The summed E-state index contributed by atoms with van der Waals surface area (Å²) in [4.78, 5) is 12.8. The highest BCUT2D eigenvalue weighted by atomic mass is 19.1. The Hall–Kier alpha value is -7.84. The van der Waals surface area contributed by atoms with Crippen LogP contribution in [-0.2, 0) is 6.54 Å². The van der Waals surface area contributed by atoms with Crippen LogP contribution in [0.3, 0.4) is 0 Å². The van der Waals surface area contributed by atoms with Crippen molar-refractivity contribution in [3.63, 3.8) is 0 Å². The maximum absolute atomic E-state index is 13.0. The molecule has 0 aliphatic rings. The highest BCUT2D eigenvalue weighted by molar-refractivity contribution is 5.64. The van der Waals surface area contributed by atoms with Crippen LogP contribution in [0.1, 0.15) is 46.6 Å². The smallest absolute Gasteiger partial charge is 0.246 e. The molecule has 8 aromatic rings. The van der Waals surface area contributed by atoms with Gasteiger partial charge in [-0.1, -0.05) is 42.5 Å². The summed E-state index contributed by atoms with van der Waals surface area (Å²) in [7, 11) is 0. The monoisotopic (exact) mass is 741 g/mol. The van der Waals surface area contributed by atoms with Crippen molar-refractivity contribution >= 4 is 23.1 Å². The van der Waals surface area contributed by atoms with E-state index in [2.05, 4.69) is 67.0 Å². The number of nitrogens with zero attached hydrogens (tertiary/aromatic N) is 11. The molecule has 2 N–H and O–H groups in total. The van der Waals surface area contributed by atoms with Gasteiger partial charge >= 0.3 is 0 Å². The van der Waals surface area contributed by atoms with Crippen molar-refractivity contribution in [1.29, 1.82) is 10.5 Å². The van der Waals surface area contributed by atoms with Crippen LogP contribution in [0.4, 0.5) is 27.5 Å². The molecule has 4 aromatic carbocycles. The summed E-state index contributed by atoms with van der Waals surface area (Å²) >= 11 is 0. The number of benzene rings is 4. The van der Waals surface area contributed by atoms with E-state index in [0.717, 1.165) is 45.3 Å². The van der Waals surface area contributed by atoms with Crippen LogP contribution in [0.2, 0.25) is 0 Å². The van der Waals surface area contributed by atoms with E-state index < -0.39 is 0 Å². The SMILES string of the molecule is Cc1cn(-c2ccc(Nc3ccn(Cc4ccc(F)cc4)n3)cc2C#N)cn1.Cc1cn(-c2ccc(Nc3ncn(C(C)c4ccccc4)n3)cc2C#N)cn1. The van der Waals surface area contributed by atoms with Crippen molar-refractivity contribution in [3.05, 3.63) is 174 Å². The normalized spacial score (nSPS) is 11.2. The lowest BCUT2D eigenvalue weighted by Gasteiger charge is -2.11. The standard InChI is InChI=1S/C21H17FN6.C21H19N7/c1-15-12-27(14-24-15)20-7-6-19(10-17(20)11-23)25-21-8-9-28(26-21)13-16-2-4-18(22)5-3-16;1-15-12-27(13-23-15)20-9-8-19(10-18(20)11-22)25-21-24-14-28(26-21)16(2)17-6-4-3-5-7-17/h2-10,12,14H,13H2,1H3,(H,25,26);3-10,12-14,16H,1-2H3,(H,25,26). The maximum atomic E-state index is 13.0. The van der Waals surface area contributed by atoms with Crippen molar-refractivity contribution in [2.75, 3.05) is 10.6 Å². The number of nitrogens with one attached hydrogen (secondary N) is 2. The molecule has 56 heavy (non-hydrogen) atoms. The molecule has 0 fully saturated rings. The summed E-state index contributed by atoms with van der Waals surface area (Å²) in [5.74, 6) is 0.893. The predicted molar refractivity (Wildman–Crippen MR) is 211 cm³/mol. The van der Waals surface area contributed by atoms with Crippen LogP contribution in [0.15, 0.2) is 135 Å². The van der Waals surface area contributed by atoms with Gasteiger partial charge in [0.05, 0.1) is 59.1 Å². The fourth-order valence-electron chi connectivity index (χ4n) is 5.94. The summed E-state index contributed by atoms with van der Waals surface area (Å²) in [6, 6.07) is 34.0. The lowest BCUT2D eigenvalue weighted by atomic mass is 10.1. The quantitative estimate of drug-likeness (QED) is 0.141.